The quantitative estimate of drug-likeness (QED) is 0.461. The lowest BCUT2D eigenvalue weighted by molar-refractivity contribution is 0.592. The highest BCUT2D eigenvalue weighted by atomic mass is 32.0. The number of hydrogen-bond donors (Lipinski definition) is 0. The summed E-state index contributed by atoms with van der Waals surface area (Å²) in [6.45, 7) is 0. The second-order valence-corrected chi connectivity index (χ2v) is 1.47. The smallest absolute Gasteiger partial charge is 0.261 e. The van der Waals surface area contributed by atoms with Gasteiger partial charge in [0.05, 0.1) is 0 Å². The maximum absolute atomic E-state index is 8.95. The van der Waals surface area contributed by atoms with E-state index in [2.05, 4.69) is 0 Å². The fourth-order valence-corrected chi connectivity index (χ4v) is 0. The van der Waals surface area contributed by atoms with E-state index in [0.29, 0.717) is 0 Å². The molecule has 0 spiro atoms. The maximum Gasteiger partial charge on any atom is 0.261 e. The Labute approximate surface area is 26.5 Å². The van der Waals surface area contributed by atoms with Crippen LogP contribution in [0.25, 0.3) is 0 Å². The lowest BCUT2D eigenvalue weighted by atomic mass is 16.0. The van der Waals surface area contributed by atoms with Crippen LogP contribution in [0.3, 0.4) is 0 Å². The lowest BCUT2D eigenvalue weighted by Gasteiger charge is -1.25. The zero-order chi connectivity index (χ0) is 3.41. The zero-order valence-electron chi connectivity index (χ0n) is 1.71. The lowest BCUT2D eigenvalue weighted by Crippen LogP contribution is -0.835. The molecule has 0 aromatic heterocycles. The Morgan fingerprint density at radius 1 is 1.00 bits per heavy atom. The van der Waals surface area contributed by atoms with Gasteiger partial charge >= 0.3 is 0 Å². The summed E-state index contributed by atoms with van der Waals surface area (Å²) >= 11 is 0. The molecular formula is O2P2. The summed E-state index contributed by atoms with van der Waals surface area (Å²) in [7, 11) is -0.670. The Morgan fingerprint density at radius 3 is 1.25 bits per heavy atom. The van der Waals surface area contributed by atoms with Crippen molar-refractivity contribution >= 4 is 16.3 Å². The van der Waals surface area contributed by atoms with Gasteiger partial charge < -0.3 is 0 Å². The molecule has 0 fully saturated rings. The first-order valence-electron chi connectivity index (χ1n) is 0.565. The predicted molar refractivity (Wildman–Crippen MR) is 15.2 cm³/mol. The SMILES string of the molecule is O=PP=O. The first-order valence-corrected chi connectivity index (χ1v) is 2.90. The summed E-state index contributed by atoms with van der Waals surface area (Å²) in [4.78, 5) is 0. The highest BCUT2D eigenvalue weighted by molar-refractivity contribution is 7.99. The first kappa shape index (κ1) is 4.20. The summed E-state index contributed by atoms with van der Waals surface area (Å²) in [6.07, 6.45) is 0. The fourth-order valence-electron chi connectivity index (χ4n) is 0. The van der Waals surface area contributed by atoms with Crippen LogP contribution in [-0.4, -0.2) is 0 Å². The topological polar surface area (TPSA) is 34.1 Å². The molecule has 0 atom stereocenters. The van der Waals surface area contributed by atoms with Gasteiger partial charge in [-0.3, -0.25) is 9.13 Å². The van der Waals surface area contributed by atoms with Gasteiger partial charge in [0.15, 0.2) is 0 Å². The molecule has 0 aliphatic rings. The van der Waals surface area contributed by atoms with Crippen molar-refractivity contribution in [1.29, 1.82) is 0 Å². The maximum atomic E-state index is 8.95. The van der Waals surface area contributed by atoms with E-state index in [4.69, 9.17) is 9.13 Å². The Morgan fingerprint density at radius 2 is 1.25 bits per heavy atom. The summed E-state index contributed by atoms with van der Waals surface area (Å²) in [5, 5.41) is 0. The van der Waals surface area contributed by atoms with Gasteiger partial charge in [-0.15, -0.1) is 0 Å². The molecule has 0 aromatic rings. The van der Waals surface area contributed by atoms with Gasteiger partial charge in [0, 0.05) is 0 Å². The molecule has 0 aliphatic carbocycles. The van der Waals surface area contributed by atoms with Crippen LogP contribution in [0.1, 0.15) is 0 Å². The Kier molecular flexibility index (Phi) is 3.36. The van der Waals surface area contributed by atoms with Gasteiger partial charge in [-0.2, -0.15) is 0 Å². The highest BCUT2D eigenvalue weighted by Crippen LogP contribution is 2.09. The van der Waals surface area contributed by atoms with E-state index < -0.39 is 0 Å². The molecule has 0 saturated heterocycles. The van der Waals surface area contributed by atoms with Gasteiger partial charge in [0.1, 0.15) is 0 Å². The van der Waals surface area contributed by atoms with Crippen molar-refractivity contribution in [2.24, 2.45) is 0 Å². The third kappa shape index (κ3) is 2.20. The van der Waals surface area contributed by atoms with Gasteiger partial charge in [0.25, 0.3) is 16.3 Å². The molecule has 2 nitrogen and oxygen atoms in total. The minimum atomic E-state index is -0.335. The molecule has 0 aromatic carbocycles. The number of hydrogen-bond acceptors (Lipinski definition) is 2. The van der Waals surface area contributed by atoms with E-state index >= 15 is 0 Å². The monoisotopic (exact) mass is 93.9 g/mol. The molecule has 0 unspecified atom stereocenters. The summed E-state index contributed by atoms with van der Waals surface area (Å²) in [5.74, 6) is 0. The Balaban J connectivity index is 2.73. The molecular weight excluding hydrogens is 93.9 g/mol. The molecule has 4 heavy (non-hydrogen) atoms. The minimum Gasteiger partial charge on any atom is -0.261 e. The molecule has 22 valence electrons. The van der Waals surface area contributed by atoms with E-state index in [0.717, 1.165) is 0 Å². The average Bonchev–Trinajstić information content (AvgIpc) is 1.37. The van der Waals surface area contributed by atoms with Crippen LogP contribution in [0.5, 0.6) is 0 Å². The Hall–Kier alpha value is 0.200. The molecule has 0 aliphatic heterocycles. The van der Waals surface area contributed by atoms with Gasteiger partial charge in [-0.25, -0.2) is 0 Å². The van der Waals surface area contributed by atoms with Gasteiger partial charge in [-0.05, 0) is 0 Å². The third-order valence-electron chi connectivity index (χ3n) is 0.0333. The van der Waals surface area contributed by atoms with Crippen molar-refractivity contribution in [3.8, 4) is 0 Å². The second kappa shape index (κ2) is 3.20. The third-order valence-corrected chi connectivity index (χ3v) is 0.300. The summed E-state index contributed by atoms with van der Waals surface area (Å²) in [6, 6.07) is 0. The molecule has 0 radical (unpaired) electrons. The molecule has 0 amide bonds. The largest absolute Gasteiger partial charge is 0.261 e. The van der Waals surface area contributed by atoms with E-state index in [1.54, 1.807) is 0 Å². The first-order chi connectivity index (χ1) is 1.91. The molecule has 0 bridgehead atoms. The Bertz CT molecular complexity index is 25.0. The summed E-state index contributed by atoms with van der Waals surface area (Å²) < 4.78 is 17.9. The van der Waals surface area contributed by atoms with Crippen LogP contribution in [-0.2, 0) is 9.13 Å². The fraction of sp³-hybridized carbons (Fsp3) is 0. The molecule has 0 heterocycles. The standard InChI is InChI=1S/O2P2/c1-3-4-2. The normalized spacial score (nSPS) is 9.00. The predicted octanol–water partition coefficient (Wildman–Crippen LogP) is 1.48. The van der Waals surface area contributed by atoms with Crippen molar-refractivity contribution in [2.45, 2.75) is 0 Å². The van der Waals surface area contributed by atoms with Crippen LogP contribution in [0.4, 0.5) is 0 Å². The van der Waals surface area contributed by atoms with E-state index in [1.165, 1.54) is 0 Å². The van der Waals surface area contributed by atoms with Crippen LogP contribution in [0, 0.1) is 0 Å². The minimum absolute atomic E-state index is 0.335. The zero-order valence-corrected chi connectivity index (χ0v) is 3.50. The van der Waals surface area contributed by atoms with Gasteiger partial charge in [-0.1, -0.05) is 0 Å². The van der Waals surface area contributed by atoms with Gasteiger partial charge in [0.2, 0.25) is 0 Å². The second-order valence-electron chi connectivity index (χ2n) is 0.163. The van der Waals surface area contributed by atoms with E-state index in [-0.39, 0.29) is 16.3 Å². The van der Waals surface area contributed by atoms with Crippen LogP contribution in [0.15, 0.2) is 0 Å². The molecule has 0 N–H and O–H groups in total. The van der Waals surface area contributed by atoms with Crippen molar-refractivity contribution in [1.82, 2.24) is 0 Å². The summed E-state index contributed by atoms with van der Waals surface area (Å²) in [5.41, 5.74) is 0. The average molecular weight is 93.9 g/mol. The van der Waals surface area contributed by atoms with Crippen LogP contribution >= 0.6 is 16.3 Å². The van der Waals surface area contributed by atoms with Crippen molar-refractivity contribution in [3.05, 3.63) is 0 Å². The van der Waals surface area contributed by atoms with Crippen molar-refractivity contribution in [3.63, 3.8) is 0 Å². The van der Waals surface area contributed by atoms with Crippen LogP contribution in [0.2, 0.25) is 0 Å². The van der Waals surface area contributed by atoms with Crippen LogP contribution < -0.4 is 0 Å². The highest BCUT2D eigenvalue weighted by Gasteiger charge is 1.54. The number of rotatable bonds is 1. The van der Waals surface area contributed by atoms with Crippen molar-refractivity contribution in [2.75, 3.05) is 0 Å². The van der Waals surface area contributed by atoms with E-state index in [9.17, 15) is 0 Å². The molecule has 0 saturated carbocycles. The molecule has 4 heteroatoms. The van der Waals surface area contributed by atoms with E-state index in [1.807, 2.05) is 0 Å². The molecule has 0 rings (SSSR count). The van der Waals surface area contributed by atoms with Crippen molar-refractivity contribution < 1.29 is 9.13 Å².